The molecule has 0 saturated heterocycles. The molecule has 1 unspecified atom stereocenters. The minimum absolute atomic E-state index is 0.180. The van der Waals surface area contributed by atoms with Gasteiger partial charge in [0.1, 0.15) is 11.3 Å². The molecule has 5 fully saturated rings. The molecule has 0 spiro atoms. The SMILES string of the molecule is C[C@]12CC[C@@H]3[C@H]4CC[C@]5(O)CC5[C@H]4CC[C@H]3[C@@H]1CC[C@@H]2[S@+]([O-])Cn1cc(C#N)cn1. The minimum atomic E-state index is -0.959. The summed E-state index contributed by atoms with van der Waals surface area (Å²) >= 11 is -0.959. The molecule has 1 aromatic heterocycles. The van der Waals surface area contributed by atoms with Gasteiger partial charge in [-0.05, 0) is 104 Å². The third-order valence-corrected chi connectivity index (χ3v) is 12.1. The van der Waals surface area contributed by atoms with Gasteiger partial charge in [0, 0.05) is 11.6 Å². The van der Waals surface area contributed by atoms with Crippen molar-refractivity contribution in [2.24, 2.45) is 40.9 Å². The highest BCUT2D eigenvalue weighted by Gasteiger charge is 2.65. The Morgan fingerprint density at radius 2 is 1.87 bits per heavy atom. The van der Waals surface area contributed by atoms with E-state index in [1.807, 2.05) is 0 Å². The number of aliphatic hydroxyl groups is 1. The van der Waals surface area contributed by atoms with Crippen LogP contribution < -0.4 is 0 Å². The van der Waals surface area contributed by atoms with E-state index in [0.717, 1.165) is 42.9 Å². The highest BCUT2D eigenvalue weighted by molar-refractivity contribution is 7.91. The van der Waals surface area contributed by atoms with E-state index in [4.69, 9.17) is 5.26 Å². The van der Waals surface area contributed by atoms with Crippen LogP contribution in [-0.2, 0) is 17.1 Å². The largest absolute Gasteiger partial charge is 0.615 e. The zero-order valence-corrected chi connectivity index (χ0v) is 18.7. The van der Waals surface area contributed by atoms with Crippen molar-refractivity contribution < 1.29 is 9.66 Å². The molecule has 5 nitrogen and oxygen atoms in total. The minimum Gasteiger partial charge on any atom is -0.615 e. The van der Waals surface area contributed by atoms with E-state index in [0.29, 0.717) is 23.3 Å². The van der Waals surface area contributed by atoms with Crippen LogP contribution in [0.5, 0.6) is 0 Å². The van der Waals surface area contributed by atoms with Gasteiger partial charge < -0.3 is 9.66 Å². The molecule has 1 aromatic rings. The fourth-order valence-corrected chi connectivity index (χ4v) is 10.7. The first-order valence-corrected chi connectivity index (χ1v) is 13.3. The molecule has 1 N–H and O–H groups in total. The summed E-state index contributed by atoms with van der Waals surface area (Å²) in [7, 11) is 0. The van der Waals surface area contributed by atoms with Gasteiger partial charge in [0.25, 0.3) is 0 Å². The van der Waals surface area contributed by atoms with Crippen molar-refractivity contribution in [3.8, 4) is 6.07 Å². The second-order valence-corrected chi connectivity index (χ2v) is 12.9. The number of fused-ring (bicyclic) bond motifs is 7. The van der Waals surface area contributed by atoms with Crippen molar-refractivity contribution in [2.75, 3.05) is 0 Å². The molecule has 1 heterocycles. The summed E-state index contributed by atoms with van der Waals surface area (Å²) in [6.07, 6.45) is 14.0. The summed E-state index contributed by atoms with van der Waals surface area (Å²) in [4.78, 5) is 0. The van der Waals surface area contributed by atoms with E-state index < -0.39 is 11.2 Å². The molecule has 30 heavy (non-hydrogen) atoms. The second kappa shape index (κ2) is 6.73. The number of hydrogen-bond donors (Lipinski definition) is 1. The van der Waals surface area contributed by atoms with E-state index in [-0.39, 0.29) is 16.3 Å². The molecule has 10 atom stereocenters. The number of nitriles is 1. The number of aromatic nitrogens is 2. The smallest absolute Gasteiger partial charge is 0.197 e. The highest BCUT2D eigenvalue weighted by Crippen LogP contribution is 2.68. The van der Waals surface area contributed by atoms with E-state index in [9.17, 15) is 9.66 Å². The molecule has 6 rings (SSSR count). The normalized spacial score (nSPS) is 49.9. The van der Waals surface area contributed by atoms with E-state index in [1.54, 1.807) is 17.1 Å². The van der Waals surface area contributed by atoms with Crippen LogP contribution in [0.3, 0.4) is 0 Å². The molecule has 5 saturated carbocycles. The maximum absolute atomic E-state index is 13.4. The second-order valence-electron chi connectivity index (χ2n) is 11.3. The predicted molar refractivity (Wildman–Crippen MR) is 114 cm³/mol. The van der Waals surface area contributed by atoms with E-state index >= 15 is 0 Å². The summed E-state index contributed by atoms with van der Waals surface area (Å²) in [5.41, 5.74) is 0.429. The lowest BCUT2D eigenvalue weighted by molar-refractivity contribution is -0.0697. The monoisotopic (exact) mass is 427 g/mol. The maximum atomic E-state index is 13.4. The number of rotatable bonds is 3. The zero-order chi connectivity index (χ0) is 20.7. The van der Waals surface area contributed by atoms with Crippen molar-refractivity contribution in [1.29, 1.82) is 5.26 Å². The van der Waals surface area contributed by atoms with Crippen molar-refractivity contribution in [3.05, 3.63) is 18.0 Å². The average Bonchev–Trinajstić information content (AvgIpc) is 3.06. The Labute approximate surface area is 182 Å². The van der Waals surface area contributed by atoms with Gasteiger partial charge in [0.05, 0.1) is 17.4 Å². The molecule has 0 bridgehead atoms. The topological polar surface area (TPSA) is 84.9 Å². The first kappa shape index (κ1) is 19.6. The van der Waals surface area contributed by atoms with Gasteiger partial charge in [0.15, 0.2) is 5.88 Å². The quantitative estimate of drug-likeness (QED) is 0.743. The van der Waals surface area contributed by atoms with Crippen molar-refractivity contribution in [2.45, 2.75) is 81.4 Å². The van der Waals surface area contributed by atoms with Crippen molar-refractivity contribution in [3.63, 3.8) is 0 Å². The molecule has 0 radical (unpaired) electrons. The average molecular weight is 428 g/mol. The standard InChI is InChI=1S/C24H33N3O2S/c1-23-8-6-16-17-7-9-24(28)10-21(24)19(17)3-2-18(16)20(23)4-5-22(23)30(29)14-27-13-15(11-25)12-26-27/h12-13,16-22,28H,2-10,14H2,1H3/t16-,17-,18-,19+,20+,21?,22+,23+,24+,30-/m1/s1. The Balaban J connectivity index is 1.18. The van der Waals surface area contributed by atoms with Gasteiger partial charge >= 0.3 is 0 Å². The lowest BCUT2D eigenvalue weighted by Gasteiger charge is -2.55. The van der Waals surface area contributed by atoms with Crippen LogP contribution >= 0.6 is 0 Å². The molecule has 5 aliphatic carbocycles. The van der Waals surface area contributed by atoms with E-state index in [1.165, 1.54) is 38.5 Å². The number of nitrogens with zero attached hydrogens (tertiary/aromatic N) is 3. The summed E-state index contributed by atoms with van der Waals surface area (Å²) in [5.74, 6) is 4.96. The first-order valence-electron chi connectivity index (χ1n) is 11.9. The van der Waals surface area contributed by atoms with Gasteiger partial charge in [-0.1, -0.05) is 6.92 Å². The summed E-state index contributed by atoms with van der Waals surface area (Å²) < 4.78 is 15.1. The Morgan fingerprint density at radius 3 is 2.60 bits per heavy atom. The van der Waals surface area contributed by atoms with Crippen molar-refractivity contribution in [1.82, 2.24) is 9.78 Å². The molecule has 6 heteroatoms. The van der Waals surface area contributed by atoms with Gasteiger partial charge in [0.2, 0.25) is 0 Å². The Hall–Kier alpha value is -1.03. The summed E-state index contributed by atoms with van der Waals surface area (Å²) in [6, 6.07) is 2.11. The molecular weight excluding hydrogens is 394 g/mol. The fourth-order valence-electron chi connectivity index (χ4n) is 8.78. The lowest BCUT2D eigenvalue weighted by atomic mass is 9.50. The Bertz CT molecular complexity index is 882. The molecule has 0 aromatic carbocycles. The van der Waals surface area contributed by atoms with Crippen molar-refractivity contribution >= 4 is 11.2 Å². The first-order chi connectivity index (χ1) is 14.4. The maximum Gasteiger partial charge on any atom is 0.197 e. The molecule has 0 amide bonds. The van der Waals surface area contributed by atoms with E-state index in [2.05, 4.69) is 18.1 Å². The zero-order valence-electron chi connectivity index (χ0n) is 17.9. The van der Waals surface area contributed by atoms with Crippen LogP contribution in [0.15, 0.2) is 12.4 Å². The third-order valence-electron chi connectivity index (χ3n) is 10.2. The van der Waals surface area contributed by atoms with Crippen LogP contribution in [0, 0.1) is 52.3 Å². The summed E-state index contributed by atoms with van der Waals surface area (Å²) in [6.45, 7) is 2.43. The Kier molecular flexibility index (Phi) is 4.41. The fraction of sp³-hybridized carbons (Fsp3) is 0.833. The van der Waals surface area contributed by atoms with Gasteiger partial charge in [-0.3, -0.25) is 0 Å². The Morgan fingerprint density at radius 1 is 1.13 bits per heavy atom. The van der Waals surface area contributed by atoms with Crippen LogP contribution in [0.1, 0.15) is 70.3 Å². The van der Waals surface area contributed by atoms with Gasteiger partial charge in [-0.2, -0.15) is 10.4 Å². The van der Waals surface area contributed by atoms with Gasteiger partial charge in [-0.15, -0.1) is 0 Å². The molecule has 162 valence electrons. The van der Waals surface area contributed by atoms with Crippen LogP contribution in [0.4, 0.5) is 0 Å². The molecular formula is C24H33N3O2S. The lowest BCUT2D eigenvalue weighted by Crippen LogP contribution is -2.51. The van der Waals surface area contributed by atoms with Crippen LogP contribution in [0.2, 0.25) is 0 Å². The third kappa shape index (κ3) is 2.77. The van der Waals surface area contributed by atoms with Crippen LogP contribution in [-0.4, -0.2) is 30.3 Å². The predicted octanol–water partition coefficient (Wildman–Crippen LogP) is 3.84. The molecule has 0 aliphatic heterocycles. The summed E-state index contributed by atoms with van der Waals surface area (Å²) in [5, 5.41) is 24.2. The van der Waals surface area contributed by atoms with Gasteiger partial charge in [-0.25, -0.2) is 4.68 Å². The molecule has 5 aliphatic rings. The number of hydrogen-bond acceptors (Lipinski definition) is 4. The van der Waals surface area contributed by atoms with Crippen LogP contribution in [0.25, 0.3) is 0 Å². The highest BCUT2D eigenvalue weighted by atomic mass is 32.2.